The molecule has 0 heterocycles. The standard InChI is InChI=1S/C8H16O2/c1-3-5-6-8(9)7-10-4-2/h4,8-9H,2-3,5-7H2,1H3. The lowest BCUT2D eigenvalue weighted by Crippen LogP contribution is -2.12. The molecular weight excluding hydrogens is 128 g/mol. The van der Waals surface area contributed by atoms with Crippen LogP contribution in [0.15, 0.2) is 12.8 Å². The molecule has 0 aromatic heterocycles. The summed E-state index contributed by atoms with van der Waals surface area (Å²) >= 11 is 0. The topological polar surface area (TPSA) is 29.5 Å². The minimum absolute atomic E-state index is 0.321. The van der Waals surface area contributed by atoms with Gasteiger partial charge in [0.15, 0.2) is 0 Å². The van der Waals surface area contributed by atoms with Gasteiger partial charge in [0.1, 0.15) is 6.61 Å². The predicted molar refractivity (Wildman–Crippen MR) is 41.7 cm³/mol. The fourth-order valence-electron chi connectivity index (χ4n) is 0.702. The molecule has 0 aromatic rings. The van der Waals surface area contributed by atoms with Crippen LogP contribution in [0.2, 0.25) is 0 Å². The Morgan fingerprint density at radius 3 is 2.90 bits per heavy atom. The van der Waals surface area contributed by atoms with Crippen LogP contribution in [0.4, 0.5) is 0 Å². The van der Waals surface area contributed by atoms with Crippen molar-refractivity contribution in [1.29, 1.82) is 0 Å². The summed E-state index contributed by atoms with van der Waals surface area (Å²) in [5.41, 5.74) is 0. The fraction of sp³-hybridized carbons (Fsp3) is 0.750. The number of aliphatic hydroxyl groups is 1. The number of rotatable bonds is 6. The molecule has 0 aliphatic carbocycles. The third kappa shape index (κ3) is 5.63. The normalized spacial score (nSPS) is 12.6. The smallest absolute Gasteiger partial charge is 0.113 e. The van der Waals surface area contributed by atoms with Crippen molar-refractivity contribution in [3.8, 4) is 0 Å². The minimum atomic E-state index is -0.321. The van der Waals surface area contributed by atoms with E-state index in [1.54, 1.807) is 0 Å². The average molecular weight is 144 g/mol. The van der Waals surface area contributed by atoms with Crippen LogP contribution in [0.3, 0.4) is 0 Å². The molecule has 60 valence electrons. The summed E-state index contributed by atoms with van der Waals surface area (Å²) in [5.74, 6) is 0. The second kappa shape index (κ2) is 6.62. The quantitative estimate of drug-likeness (QED) is 0.575. The summed E-state index contributed by atoms with van der Waals surface area (Å²) in [7, 11) is 0. The lowest BCUT2D eigenvalue weighted by molar-refractivity contribution is 0.0766. The van der Waals surface area contributed by atoms with Crippen molar-refractivity contribution >= 4 is 0 Å². The fourth-order valence-corrected chi connectivity index (χ4v) is 0.702. The molecule has 1 unspecified atom stereocenters. The number of ether oxygens (including phenoxy) is 1. The van der Waals surface area contributed by atoms with Gasteiger partial charge >= 0.3 is 0 Å². The number of hydrogen-bond acceptors (Lipinski definition) is 2. The molecule has 1 atom stereocenters. The largest absolute Gasteiger partial charge is 0.499 e. The summed E-state index contributed by atoms with van der Waals surface area (Å²) in [6.07, 6.45) is 4.03. The molecule has 0 radical (unpaired) electrons. The molecule has 0 rings (SSSR count). The molecule has 0 amide bonds. The molecule has 0 aromatic carbocycles. The van der Waals surface area contributed by atoms with Gasteiger partial charge in [0.25, 0.3) is 0 Å². The molecule has 0 aliphatic heterocycles. The van der Waals surface area contributed by atoms with Crippen LogP contribution in [0, 0.1) is 0 Å². The highest BCUT2D eigenvalue weighted by Crippen LogP contribution is 2.00. The third-order valence-corrected chi connectivity index (χ3v) is 1.30. The van der Waals surface area contributed by atoms with Crippen LogP contribution in [0.5, 0.6) is 0 Å². The van der Waals surface area contributed by atoms with E-state index in [-0.39, 0.29) is 6.10 Å². The van der Waals surface area contributed by atoms with Gasteiger partial charge in [-0.1, -0.05) is 26.3 Å². The van der Waals surface area contributed by atoms with E-state index < -0.39 is 0 Å². The molecule has 10 heavy (non-hydrogen) atoms. The Morgan fingerprint density at radius 1 is 1.70 bits per heavy atom. The molecular formula is C8H16O2. The van der Waals surface area contributed by atoms with E-state index in [9.17, 15) is 0 Å². The molecule has 0 spiro atoms. The van der Waals surface area contributed by atoms with E-state index >= 15 is 0 Å². The molecule has 1 N–H and O–H groups in total. The van der Waals surface area contributed by atoms with E-state index in [2.05, 4.69) is 13.5 Å². The Bertz CT molecular complexity index is 81.3. The van der Waals surface area contributed by atoms with Gasteiger partial charge in [0.05, 0.1) is 12.4 Å². The van der Waals surface area contributed by atoms with Gasteiger partial charge in [0.2, 0.25) is 0 Å². The highest BCUT2D eigenvalue weighted by Gasteiger charge is 2.00. The first-order chi connectivity index (χ1) is 4.81. The third-order valence-electron chi connectivity index (χ3n) is 1.30. The summed E-state index contributed by atoms with van der Waals surface area (Å²) < 4.78 is 4.81. The van der Waals surface area contributed by atoms with Crippen LogP contribution in [-0.4, -0.2) is 17.8 Å². The van der Waals surface area contributed by atoms with Gasteiger partial charge in [-0.2, -0.15) is 0 Å². The van der Waals surface area contributed by atoms with Gasteiger partial charge in [-0.25, -0.2) is 0 Å². The van der Waals surface area contributed by atoms with Crippen LogP contribution in [0.1, 0.15) is 26.2 Å². The average Bonchev–Trinajstić information content (AvgIpc) is 1.97. The SMILES string of the molecule is C=COCC(O)CCCC. The molecule has 0 saturated carbocycles. The van der Waals surface area contributed by atoms with Crippen molar-refractivity contribution in [3.05, 3.63) is 12.8 Å². The zero-order valence-corrected chi connectivity index (χ0v) is 6.55. The summed E-state index contributed by atoms with van der Waals surface area (Å²) in [6.45, 7) is 5.86. The van der Waals surface area contributed by atoms with Crippen LogP contribution in [-0.2, 0) is 4.74 Å². The Kier molecular flexibility index (Phi) is 6.29. The van der Waals surface area contributed by atoms with Crippen molar-refractivity contribution in [2.45, 2.75) is 32.3 Å². The molecule has 2 heteroatoms. The summed E-state index contributed by atoms with van der Waals surface area (Å²) in [6, 6.07) is 0. The maximum Gasteiger partial charge on any atom is 0.113 e. The Balaban J connectivity index is 3.07. The van der Waals surface area contributed by atoms with Crippen LogP contribution in [0.25, 0.3) is 0 Å². The highest BCUT2D eigenvalue weighted by molar-refractivity contribution is 4.56. The van der Waals surface area contributed by atoms with E-state index in [0.717, 1.165) is 19.3 Å². The first-order valence-electron chi connectivity index (χ1n) is 3.71. The molecule has 2 nitrogen and oxygen atoms in total. The van der Waals surface area contributed by atoms with Gasteiger partial charge in [-0.3, -0.25) is 0 Å². The van der Waals surface area contributed by atoms with E-state index in [0.29, 0.717) is 6.61 Å². The Hall–Kier alpha value is -0.500. The van der Waals surface area contributed by atoms with Crippen molar-refractivity contribution < 1.29 is 9.84 Å². The number of unbranched alkanes of at least 4 members (excludes halogenated alkanes) is 1. The van der Waals surface area contributed by atoms with Crippen LogP contribution < -0.4 is 0 Å². The van der Waals surface area contributed by atoms with Gasteiger partial charge in [-0.15, -0.1) is 0 Å². The zero-order chi connectivity index (χ0) is 7.82. The van der Waals surface area contributed by atoms with Gasteiger partial charge in [-0.05, 0) is 6.42 Å². The van der Waals surface area contributed by atoms with Crippen molar-refractivity contribution in [1.82, 2.24) is 0 Å². The highest BCUT2D eigenvalue weighted by atomic mass is 16.5. The lowest BCUT2D eigenvalue weighted by atomic mass is 10.2. The van der Waals surface area contributed by atoms with Crippen molar-refractivity contribution in [3.63, 3.8) is 0 Å². The van der Waals surface area contributed by atoms with Gasteiger partial charge in [0, 0.05) is 0 Å². The van der Waals surface area contributed by atoms with Crippen molar-refractivity contribution in [2.75, 3.05) is 6.61 Å². The number of hydrogen-bond donors (Lipinski definition) is 1. The summed E-state index contributed by atoms with van der Waals surface area (Å²) in [5, 5.41) is 9.14. The maximum atomic E-state index is 9.14. The van der Waals surface area contributed by atoms with Crippen molar-refractivity contribution in [2.24, 2.45) is 0 Å². The molecule has 0 aliphatic rings. The molecule has 0 saturated heterocycles. The molecule has 0 bridgehead atoms. The first kappa shape index (κ1) is 9.50. The first-order valence-corrected chi connectivity index (χ1v) is 3.71. The lowest BCUT2D eigenvalue weighted by Gasteiger charge is -2.07. The Morgan fingerprint density at radius 2 is 2.40 bits per heavy atom. The predicted octanol–water partition coefficient (Wildman–Crippen LogP) is 1.70. The van der Waals surface area contributed by atoms with E-state index in [1.165, 1.54) is 6.26 Å². The minimum Gasteiger partial charge on any atom is -0.499 e. The zero-order valence-electron chi connectivity index (χ0n) is 6.55. The monoisotopic (exact) mass is 144 g/mol. The van der Waals surface area contributed by atoms with E-state index in [1.807, 2.05) is 0 Å². The van der Waals surface area contributed by atoms with Gasteiger partial charge < -0.3 is 9.84 Å². The number of aliphatic hydroxyl groups excluding tert-OH is 1. The second-order valence-corrected chi connectivity index (χ2v) is 2.30. The molecule has 0 fully saturated rings. The Labute approximate surface area is 62.5 Å². The van der Waals surface area contributed by atoms with E-state index in [4.69, 9.17) is 9.84 Å². The second-order valence-electron chi connectivity index (χ2n) is 2.30. The maximum absolute atomic E-state index is 9.14. The van der Waals surface area contributed by atoms with Crippen LogP contribution >= 0.6 is 0 Å². The summed E-state index contributed by atoms with van der Waals surface area (Å²) in [4.78, 5) is 0.